The summed E-state index contributed by atoms with van der Waals surface area (Å²) in [6.07, 6.45) is 0. The minimum atomic E-state index is -0.641. The highest BCUT2D eigenvalue weighted by molar-refractivity contribution is 7.20. The molecule has 0 atom stereocenters. The van der Waals surface area contributed by atoms with E-state index in [1.54, 1.807) is 24.3 Å². The number of halogens is 2. The molecule has 0 bridgehead atoms. The maximum absolute atomic E-state index is 13.8. The molecule has 1 amide bonds. The Labute approximate surface area is 129 Å². The summed E-state index contributed by atoms with van der Waals surface area (Å²) in [6, 6.07) is 11.6. The Morgan fingerprint density at radius 1 is 1.24 bits per heavy atom. The zero-order valence-electron chi connectivity index (χ0n) is 10.7. The first-order chi connectivity index (χ1) is 10.0. The van der Waals surface area contributed by atoms with Crippen molar-refractivity contribution < 1.29 is 9.18 Å². The summed E-state index contributed by atoms with van der Waals surface area (Å²) >= 11 is 7.01. The number of nitrogens with two attached hydrogens (primary N) is 1. The van der Waals surface area contributed by atoms with Crippen molar-refractivity contribution in [1.82, 2.24) is 0 Å². The predicted molar refractivity (Wildman–Crippen MR) is 85.6 cm³/mol. The molecule has 21 heavy (non-hydrogen) atoms. The second-order valence-electron chi connectivity index (χ2n) is 4.46. The van der Waals surface area contributed by atoms with E-state index in [4.69, 9.17) is 17.3 Å². The van der Waals surface area contributed by atoms with Crippen molar-refractivity contribution in [2.45, 2.75) is 0 Å². The van der Waals surface area contributed by atoms with Crippen molar-refractivity contribution in [2.24, 2.45) is 0 Å². The fraction of sp³-hybridized carbons (Fsp3) is 0. The van der Waals surface area contributed by atoms with Crippen molar-refractivity contribution in [3.8, 4) is 0 Å². The van der Waals surface area contributed by atoms with Gasteiger partial charge in [-0.05, 0) is 41.8 Å². The molecular formula is C15H10ClFN2OS. The molecule has 0 radical (unpaired) electrons. The van der Waals surface area contributed by atoms with Crippen LogP contribution in [0.15, 0.2) is 42.5 Å². The fourth-order valence-corrected chi connectivity index (χ4v) is 3.07. The molecule has 3 nitrogen and oxygen atoms in total. The van der Waals surface area contributed by atoms with E-state index in [1.807, 2.05) is 6.07 Å². The molecule has 3 N–H and O–H groups in total. The largest absolute Gasteiger partial charge is 0.399 e. The lowest BCUT2D eigenvalue weighted by molar-refractivity contribution is 0.103. The molecule has 0 saturated heterocycles. The molecule has 0 fully saturated rings. The molecule has 106 valence electrons. The average Bonchev–Trinajstić information content (AvgIpc) is 2.87. The summed E-state index contributed by atoms with van der Waals surface area (Å²) in [7, 11) is 0. The van der Waals surface area contributed by atoms with Crippen LogP contribution in [0.5, 0.6) is 0 Å². The first-order valence-electron chi connectivity index (χ1n) is 6.09. The number of carbonyl (C=O) groups is 1. The molecule has 0 aliphatic carbocycles. The average molecular weight is 321 g/mol. The van der Waals surface area contributed by atoms with Gasteiger partial charge in [-0.1, -0.05) is 17.7 Å². The summed E-state index contributed by atoms with van der Waals surface area (Å²) in [4.78, 5) is 12.7. The van der Waals surface area contributed by atoms with Gasteiger partial charge in [0.2, 0.25) is 0 Å². The normalized spacial score (nSPS) is 10.8. The Morgan fingerprint density at radius 2 is 2.05 bits per heavy atom. The van der Waals surface area contributed by atoms with Gasteiger partial charge in [-0.3, -0.25) is 4.79 Å². The second kappa shape index (κ2) is 5.35. The van der Waals surface area contributed by atoms with Gasteiger partial charge in [0.1, 0.15) is 0 Å². The number of thiophene rings is 1. The van der Waals surface area contributed by atoms with Crippen LogP contribution < -0.4 is 11.1 Å². The summed E-state index contributed by atoms with van der Waals surface area (Å²) in [5.41, 5.74) is 6.40. The van der Waals surface area contributed by atoms with Crippen molar-refractivity contribution in [2.75, 3.05) is 11.1 Å². The maximum Gasteiger partial charge on any atom is 0.265 e. The minimum absolute atomic E-state index is 0.0306. The quantitative estimate of drug-likeness (QED) is 0.682. The third-order valence-corrected chi connectivity index (χ3v) is 4.37. The van der Waals surface area contributed by atoms with Gasteiger partial charge in [-0.25, -0.2) is 4.39 Å². The maximum atomic E-state index is 13.8. The summed E-state index contributed by atoms with van der Waals surface area (Å²) in [5, 5.41) is 3.38. The monoisotopic (exact) mass is 320 g/mol. The van der Waals surface area contributed by atoms with Gasteiger partial charge in [-0.2, -0.15) is 0 Å². The number of nitrogen functional groups attached to an aromatic ring is 1. The molecular weight excluding hydrogens is 311 g/mol. The van der Waals surface area contributed by atoms with Crippen LogP contribution in [0, 0.1) is 5.82 Å². The van der Waals surface area contributed by atoms with Crippen molar-refractivity contribution in [1.29, 1.82) is 0 Å². The molecule has 3 rings (SSSR count). The van der Waals surface area contributed by atoms with Crippen molar-refractivity contribution in [3.63, 3.8) is 0 Å². The zero-order valence-corrected chi connectivity index (χ0v) is 12.3. The number of rotatable bonds is 2. The van der Waals surface area contributed by atoms with Crippen LogP contribution in [0.3, 0.4) is 0 Å². The Morgan fingerprint density at radius 3 is 2.86 bits per heavy atom. The van der Waals surface area contributed by atoms with Crippen LogP contribution in [0.4, 0.5) is 15.8 Å². The second-order valence-corrected chi connectivity index (χ2v) is 5.95. The molecule has 6 heteroatoms. The first-order valence-corrected chi connectivity index (χ1v) is 7.28. The lowest BCUT2D eigenvalue weighted by atomic mass is 10.2. The third kappa shape index (κ3) is 2.70. The number of amides is 1. The van der Waals surface area contributed by atoms with E-state index >= 15 is 0 Å². The molecule has 0 unspecified atom stereocenters. The molecule has 2 aromatic carbocycles. The van der Waals surface area contributed by atoms with Gasteiger partial charge < -0.3 is 11.1 Å². The Balaban J connectivity index is 1.91. The standard InChI is InChI=1S/C15H10ClFN2OS/c16-10-2-1-3-11(14(10)17)19-15(20)13-7-8-6-9(18)4-5-12(8)21-13/h1-7H,18H2,(H,19,20). The van der Waals surface area contributed by atoms with E-state index in [9.17, 15) is 9.18 Å². The van der Waals surface area contributed by atoms with E-state index in [-0.39, 0.29) is 16.6 Å². The van der Waals surface area contributed by atoms with E-state index < -0.39 is 5.82 Å². The minimum Gasteiger partial charge on any atom is -0.399 e. The molecule has 0 spiro atoms. The number of anilines is 2. The van der Waals surface area contributed by atoms with E-state index in [1.165, 1.54) is 23.5 Å². The van der Waals surface area contributed by atoms with Crippen LogP contribution >= 0.6 is 22.9 Å². The van der Waals surface area contributed by atoms with Crippen LogP contribution in [0.25, 0.3) is 10.1 Å². The fourth-order valence-electron chi connectivity index (χ4n) is 1.96. The molecule has 0 aliphatic rings. The third-order valence-electron chi connectivity index (χ3n) is 2.96. The van der Waals surface area contributed by atoms with E-state index in [0.29, 0.717) is 10.6 Å². The van der Waals surface area contributed by atoms with Crippen LogP contribution in [0.2, 0.25) is 5.02 Å². The van der Waals surface area contributed by atoms with E-state index in [2.05, 4.69) is 5.32 Å². The lowest BCUT2D eigenvalue weighted by Crippen LogP contribution is -2.11. The highest BCUT2D eigenvalue weighted by Crippen LogP contribution is 2.29. The first kappa shape index (κ1) is 13.9. The molecule has 1 heterocycles. The van der Waals surface area contributed by atoms with Crippen LogP contribution in [0.1, 0.15) is 9.67 Å². The molecule has 3 aromatic rings. The number of hydrogen-bond donors (Lipinski definition) is 2. The Bertz CT molecular complexity index is 847. The van der Waals surface area contributed by atoms with Gasteiger partial charge in [0.15, 0.2) is 5.82 Å². The Hall–Kier alpha value is -2.11. The summed E-state index contributed by atoms with van der Waals surface area (Å²) in [5.74, 6) is -1.02. The van der Waals surface area contributed by atoms with Crippen molar-refractivity contribution >= 4 is 50.3 Å². The van der Waals surface area contributed by atoms with E-state index in [0.717, 1.165) is 10.1 Å². The summed E-state index contributed by atoms with van der Waals surface area (Å²) in [6.45, 7) is 0. The molecule has 0 aliphatic heterocycles. The van der Waals surface area contributed by atoms with Crippen LogP contribution in [-0.2, 0) is 0 Å². The molecule has 0 saturated carbocycles. The highest BCUT2D eigenvalue weighted by Gasteiger charge is 2.14. The van der Waals surface area contributed by atoms with Gasteiger partial charge >= 0.3 is 0 Å². The van der Waals surface area contributed by atoms with Gasteiger partial charge in [0, 0.05) is 10.4 Å². The number of fused-ring (bicyclic) bond motifs is 1. The van der Waals surface area contributed by atoms with Crippen molar-refractivity contribution in [3.05, 3.63) is 58.2 Å². The number of nitrogens with one attached hydrogen (secondary N) is 1. The smallest absolute Gasteiger partial charge is 0.265 e. The SMILES string of the molecule is Nc1ccc2sc(C(=O)Nc3cccc(Cl)c3F)cc2c1. The molecule has 1 aromatic heterocycles. The highest BCUT2D eigenvalue weighted by atomic mass is 35.5. The predicted octanol–water partition coefficient (Wildman–Crippen LogP) is 4.53. The van der Waals surface area contributed by atoms with Gasteiger partial charge in [0.25, 0.3) is 5.91 Å². The zero-order chi connectivity index (χ0) is 15.0. The number of benzene rings is 2. The lowest BCUT2D eigenvalue weighted by Gasteiger charge is -2.05. The van der Waals surface area contributed by atoms with Gasteiger partial charge in [-0.15, -0.1) is 11.3 Å². The van der Waals surface area contributed by atoms with Gasteiger partial charge in [0.05, 0.1) is 15.6 Å². The summed E-state index contributed by atoms with van der Waals surface area (Å²) < 4.78 is 14.7. The topological polar surface area (TPSA) is 55.1 Å². The van der Waals surface area contributed by atoms with Crippen LogP contribution in [-0.4, -0.2) is 5.91 Å². The Kier molecular flexibility index (Phi) is 3.53. The number of carbonyl (C=O) groups excluding carboxylic acids is 1. The number of hydrogen-bond acceptors (Lipinski definition) is 3.